The van der Waals surface area contributed by atoms with E-state index in [1.165, 1.54) is 0 Å². The normalized spacial score (nSPS) is 33.2. The van der Waals surface area contributed by atoms with Crippen molar-refractivity contribution in [2.45, 2.75) is 45.4 Å². The third-order valence-corrected chi connectivity index (χ3v) is 4.19. The number of amides is 2. The van der Waals surface area contributed by atoms with E-state index in [0.29, 0.717) is 13.2 Å². The molecule has 0 bridgehead atoms. The molecule has 2 aliphatic rings. The molecule has 1 aliphatic carbocycles. The minimum atomic E-state index is -0.334. The Kier molecular flexibility index (Phi) is 4.10. The van der Waals surface area contributed by atoms with Crippen molar-refractivity contribution >= 4 is 11.8 Å². The Balaban J connectivity index is 1.82. The molecule has 108 valence electrons. The summed E-state index contributed by atoms with van der Waals surface area (Å²) in [4.78, 5) is 23.1. The number of carbonyl (C=O) groups is 2. The van der Waals surface area contributed by atoms with E-state index in [2.05, 4.69) is 29.8 Å². The number of piperazine rings is 1. The summed E-state index contributed by atoms with van der Waals surface area (Å²) in [6, 6.07) is -0.198. The van der Waals surface area contributed by atoms with E-state index < -0.39 is 0 Å². The van der Waals surface area contributed by atoms with E-state index in [4.69, 9.17) is 4.74 Å². The minimum absolute atomic E-state index is 0.0381. The van der Waals surface area contributed by atoms with Crippen molar-refractivity contribution in [2.24, 2.45) is 5.41 Å². The van der Waals surface area contributed by atoms with Crippen LogP contribution in [0.3, 0.4) is 0 Å². The van der Waals surface area contributed by atoms with E-state index >= 15 is 0 Å². The number of carbonyl (C=O) groups excluding carboxylic acids is 2. The number of hydrogen-bond donors (Lipinski definition) is 3. The lowest BCUT2D eigenvalue weighted by molar-refractivity contribution is -0.139. The van der Waals surface area contributed by atoms with Crippen molar-refractivity contribution in [1.29, 1.82) is 0 Å². The van der Waals surface area contributed by atoms with Crippen molar-refractivity contribution in [3.05, 3.63) is 0 Å². The zero-order valence-corrected chi connectivity index (χ0v) is 11.8. The van der Waals surface area contributed by atoms with Crippen molar-refractivity contribution < 1.29 is 14.3 Å². The van der Waals surface area contributed by atoms with Crippen LogP contribution in [0.25, 0.3) is 0 Å². The van der Waals surface area contributed by atoms with Crippen LogP contribution in [0.5, 0.6) is 0 Å². The molecule has 19 heavy (non-hydrogen) atoms. The molecule has 1 heterocycles. The van der Waals surface area contributed by atoms with Gasteiger partial charge in [0.2, 0.25) is 11.8 Å². The molecule has 0 aromatic rings. The standard InChI is InChI=1S/C13H23N3O3/c1-4-19-10-5-9(13(10,2)3)16-12(18)8-6-15-11(17)7-14-8/h8-10,14H,4-7H2,1-3H3,(H,15,17)(H,16,18). The summed E-state index contributed by atoms with van der Waals surface area (Å²) >= 11 is 0. The fourth-order valence-electron chi connectivity index (χ4n) is 2.64. The average Bonchev–Trinajstić information content (AvgIpc) is 2.38. The van der Waals surface area contributed by atoms with Crippen LogP contribution in [0.15, 0.2) is 0 Å². The molecule has 3 unspecified atom stereocenters. The molecule has 2 amide bonds. The van der Waals surface area contributed by atoms with Gasteiger partial charge in [-0.2, -0.15) is 0 Å². The molecule has 1 saturated heterocycles. The lowest BCUT2D eigenvalue weighted by Crippen LogP contribution is -2.66. The van der Waals surface area contributed by atoms with E-state index in [1.54, 1.807) is 0 Å². The molecule has 3 atom stereocenters. The van der Waals surface area contributed by atoms with Crippen molar-refractivity contribution in [1.82, 2.24) is 16.0 Å². The Labute approximate surface area is 113 Å². The third-order valence-electron chi connectivity index (χ3n) is 4.19. The van der Waals surface area contributed by atoms with Crippen LogP contribution in [0.4, 0.5) is 0 Å². The molecular formula is C13H23N3O3. The minimum Gasteiger partial charge on any atom is -0.378 e. The SMILES string of the molecule is CCOC1CC(NC(=O)C2CNC(=O)CN2)C1(C)C. The fraction of sp³-hybridized carbons (Fsp3) is 0.846. The second kappa shape index (κ2) is 5.46. The highest BCUT2D eigenvalue weighted by molar-refractivity contribution is 5.87. The highest BCUT2D eigenvalue weighted by atomic mass is 16.5. The summed E-state index contributed by atoms with van der Waals surface area (Å²) in [7, 11) is 0. The summed E-state index contributed by atoms with van der Waals surface area (Å²) < 4.78 is 5.64. The van der Waals surface area contributed by atoms with Crippen LogP contribution in [-0.2, 0) is 14.3 Å². The van der Waals surface area contributed by atoms with Gasteiger partial charge in [-0.25, -0.2) is 0 Å². The van der Waals surface area contributed by atoms with Gasteiger partial charge >= 0.3 is 0 Å². The quantitative estimate of drug-likeness (QED) is 0.636. The zero-order chi connectivity index (χ0) is 14.0. The summed E-state index contributed by atoms with van der Waals surface area (Å²) in [5.74, 6) is -0.113. The average molecular weight is 269 g/mol. The molecule has 1 saturated carbocycles. The predicted molar refractivity (Wildman–Crippen MR) is 70.5 cm³/mol. The lowest BCUT2D eigenvalue weighted by Gasteiger charge is -2.51. The van der Waals surface area contributed by atoms with E-state index in [0.717, 1.165) is 6.42 Å². The van der Waals surface area contributed by atoms with Crippen LogP contribution in [0, 0.1) is 5.41 Å². The first-order chi connectivity index (χ1) is 8.95. The first-order valence-corrected chi connectivity index (χ1v) is 6.87. The van der Waals surface area contributed by atoms with Gasteiger partial charge in [0, 0.05) is 24.6 Å². The van der Waals surface area contributed by atoms with E-state index in [9.17, 15) is 9.59 Å². The predicted octanol–water partition coefficient (Wildman–Crippen LogP) is -0.606. The maximum Gasteiger partial charge on any atom is 0.239 e. The van der Waals surface area contributed by atoms with Gasteiger partial charge in [0.05, 0.1) is 12.6 Å². The smallest absolute Gasteiger partial charge is 0.239 e. The number of hydrogen-bond acceptors (Lipinski definition) is 4. The summed E-state index contributed by atoms with van der Waals surface area (Å²) in [6.07, 6.45) is 1.06. The monoisotopic (exact) mass is 269 g/mol. The van der Waals surface area contributed by atoms with Crippen LogP contribution in [0.2, 0.25) is 0 Å². The molecule has 0 spiro atoms. The van der Waals surface area contributed by atoms with Gasteiger partial charge in [-0.15, -0.1) is 0 Å². The Morgan fingerprint density at radius 3 is 2.79 bits per heavy atom. The van der Waals surface area contributed by atoms with Crippen LogP contribution in [-0.4, -0.2) is 49.7 Å². The maximum atomic E-state index is 12.1. The summed E-state index contributed by atoms with van der Waals surface area (Å²) in [6.45, 7) is 7.46. The largest absolute Gasteiger partial charge is 0.378 e. The Hall–Kier alpha value is -1.14. The topological polar surface area (TPSA) is 79.5 Å². The van der Waals surface area contributed by atoms with Gasteiger partial charge < -0.3 is 15.4 Å². The van der Waals surface area contributed by atoms with Crippen LogP contribution >= 0.6 is 0 Å². The first-order valence-electron chi connectivity index (χ1n) is 6.87. The zero-order valence-electron chi connectivity index (χ0n) is 11.8. The molecule has 2 rings (SSSR count). The molecular weight excluding hydrogens is 246 g/mol. The number of rotatable bonds is 4. The fourth-order valence-corrected chi connectivity index (χ4v) is 2.64. The van der Waals surface area contributed by atoms with Gasteiger partial charge in [-0.1, -0.05) is 13.8 Å². The van der Waals surface area contributed by atoms with E-state index in [-0.39, 0.29) is 42.0 Å². The second-order valence-electron chi connectivity index (χ2n) is 5.80. The third kappa shape index (κ3) is 2.90. The highest BCUT2D eigenvalue weighted by Crippen LogP contribution is 2.42. The number of nitrogens with one attached hydrogen (secondary N) is 3. The molecule has 6 nitrogen and oxygen atoms in total. The highest BCUT2D eigenvalue weighted by Gasteiger charge is 2.49. The van der Waals surface area contributed by atoms with Crippen molar-refractivity contribution in [3.8, 4) is 0 Å². The Morgan fingerprint density at radius 1 is 1.53 bits per heavy atom. The maximum absolute atomic E-state index is 12.1. The summed E-state index contributed by atoms with van der Waals surface area (Å²) in [5, 5.41) is 8.66. The molecule has 0 aromatic carbocycles. The molecule has 0 radical (unpaired) electrons. The summed E-state index contributed by atoms with van der Waals surface area (Å²) in [5.41, 5.74) is -0.0381. The van der Waals surface area contributed by atoms with Gasteiger partial charge in [-0.05, 0) is 13.3 Å². The Bertz CT molecular complexity index is 360. The van der Waals surface area contributed by atoms with Crippen molar-refractivity contribution in [3.63, 3.8) is 0 Å². The second-order valence-corrected chi connectivity index (χ2v) is 5.80. The molecule has 6 heteroatoms. The van der Waals surface area contributed by atoms with Crippen molar-refractivity contribution in [2.75, 3.05) is 19.7 Å². The lowest BCUT2D eigenvalue weighted by atomic mass is 9.64. The van der Waals surface area contributed by atoms with Gasteiger partial charge in [0.15, 0.2) is 0 Å². The first kappa shape index (κ1) is 14.3. The van der Waals surface area contributed by atoms with Crippen LogP contribution in [0.1, 0.15) is 27.2 Å². The van der Waals surface area contributed by atoms with Crippen LogP contribution < -0.4 is 16.0 Å². The number of ether oxygens (including phenoxy) is 1. The Morgan fingerprint density at radius 2 is 2.26 bits per heavy atom. The van der Waals surface area contributed by atoms with Gasteiger partial charge in [0.25, 0.3) is 0 Å². The molecule has 2 fully saturated rings. The van der Waals surface area contributed by atoms with E-state index in [1.807, 2.05) is 6.92 Å². The molecule has 3 N–H and O–H groups in total. The van der Waals surface area contributed by atoms with Gasteiger partial charge in [-0.3, -0.25) is 14.9 Å². The molecule has 0 aromatic heterocycles. The van der Waals surface area contributed by atoms with Gasteiger partial charge in [0.1, 0.15) is 6.04 Å². The molecule has 1 aliphatic heterocycles.